The molecule has 2 N–H and O–H groups in total. The van der Waals surface area contributed by atoms with Crippen LogP contribution in [0.15, 0.2) is 4.79 Å². The molecule has 0 aliphatic carbocycles. The summed E-state index contributed by atoms with van der Waals surface area (Å²) >= 11 is 0. The number of amides is 1. The number of rotatable bonds is 1. The molecule has 2 unspecified atom stereocenters. The maximum absolute atomic E-state index is 12.3. The van der Waals surface area contributed by atoms with E-state index in [9.17, 15) is 19.8 Å². The van der Waals surface area contributed by atoms with Crippen molar-refractivity contribution in [2.75, 3.05) is 13.1 Å². The number of hydrogen-bond acceptors (Lipinski definition) is 5. The van der Waals surface area contributed by atoms with Gasteiger partial charge in [0.15, 0.2) is 0 Å². The lowest BCUT2D eigenvalue weighted by atomic mass is 10.1. The number of carbonyl (C=O) groups excluding carboxylic acids is 1. The van der Waals surface area contributed by atoms with E-state index in [1.54, 1.807) is 13.8 Å². The molecule has 2 atom stereocenters. The highest BCUT2D eigenvalue weighted by molar-refractivity contribution is 5.95. The van der Waals surface area contributed by atoms with Gasteiger partial charge in [0.2, 0.25) is 0 Å². The van der Waals surface area contributed by atoms with Crippen LogP contribution in [-0.2, 0) is 7.05 Å². The number of hydrogen-bond donors (Lipinski definition) is 2. The fourth-order valence-corrected chi connectivity index (χ4v) is 2.19. The zero-order chi connectivity index (χ0) is 14.3. The molecule has 0 radical (unpaired) electrons. The van der Waals surface area contributed by atoms with Crippen LogP contribution in [0.1, 0.15) is 21.6 Å². The van der Waals surface area contributed by atoms with Gasteiger partial charge in [-0.15, -0.1) is 0 Å². The molecule has 1 aliphatic heterocycles. The predicted octanol–water partition coefficient (Wildman–Crippen LogP) is -1.43. The van der Waals surface area contributed by atoms with Crippen molar-refractivity contribution in [3.8, 4) is 0 Å². The van der Waals surface area contributed by atoms with Gasteiger partial charge in [0, 0.05) is 20.1 Å². The Bertz CT molecular complexity index is 571. The highest BCUT2D eigenvalue weighted by atomic mass is 16.3. The molecule has 2 rings (SSSR count). The van der Waals surface area contributed by atoms with E-state index in [1.807, 2.05) is 0 Å². The van der Waals surface area contributed by atoms with Crippen LogP contribution in [0.5, 0.6) is 0 Å². The molecular formula is C12H17N3O4. The van der Waals surface area contributed by atoms with E-state index >= 15 is 0 Å². The Hall–Kier alpha value is -1.73. The second-order valence-corrected chi connectivity index (χ2v) is 4.86. The first-order valence-corrected chi connectivity index (χ1v) is 6.02. The Morgan fingerprint density at radius 1 is 1.26 bits per heavy atom. The van der Waals surface area contributed by atoms with Gasteiger partial charge in [-0.2, -0.15) is 5.10 Å². The van der Waals surface area contributed by atoms with Gasteiger partial charge in [0.05, 0.1) is 17.9 Å². The molecule has 0 spiro atoms. The van der Waals surface area contributed by atoms with Crippen LogP contribution in [0.25, 0.3) is 0 Å². The third-order valence-electron chi connectivity index (χ3n) is 3.49. The van der Waals surface area contributed by atoms with E-state index in [0.717, 1.165) is 4.68 Å². The maximum atomic E-state index is 12.3. The lowest BCUT2D eigenvalue weighted by Gasteiger charge is -2.17. The Kier molecular flexibility index (Phi) is 3.42. The van der Waals surface area contributed by atoms with Crippen molar-refractivity contribution in [3.63, 3.8) is 0 Å². The van der Waals surface area contributed by atoms with Gasteiger partial charge in [-0.25, -0.2) is 4.68 Å². The van der Waals surface area contributed by atoms with Crippen molar-refractivity contribution in [1.82, 2.24) is 14.7 Å². The summed E-state index contributed by atoms with van der Waals surface area (Å²) in [6, 6.07) is 0. The second-order valence-electron chi connectivity index (χ2n) is 4.86. The molecule has 2 heterocycles. The van der Waals surface area contributed by atoms with Crippen LogP contribution in [0.3, 0.4) is 0 Å². The average molecular weight is 267 g/mol. The summed E-state index contributed by atoms with van der Waals surface area (Å²) < 4.78 is 1.12. The fraction of sp³-hybridized carbons (Fsp3) is 0.583. The molecular weight excluding hydrogens is 250 g/mol. The Morgan fingerprint density at radius 2 is 1.79 bits per heavy atom. The SMILES string of the molecule is Cc1nn(C)c(=O)c(C(=O)N2CC(O)C(O)C2)c1C. The normalized spacial score (nSPS) is 22.9. The predicted molar refractivity (Wildman–Crippen MR) is 66.9 cm³/mol. The molecule has 7 nitrogen and oxygen atoms in total. The molecule has 7 heteroatoms. The van der Waals surface area contributed by atoms with E-state index in [-0.39, 0.29) is 18.7 Å². The van der Waals surface area contributed by atoms with E-state index in [2.05, 4.69) is 5.10 Å². The summed E-state index contributed by atoms with van der Waals surface area (Å²) in [5.74, 6) is -0.473. The molecule has 1 aliphatic rings. The quantitative estimate of drug-likeness (QED) is 0.650. The molecule has 1 aromatic heterocycles. The van der Waals surface area contributed by atoms with Crippen molar-refractivity contribution in [1.29, 1.82) is 0 Å². The molecule has 1 aromatic rings. The van der Waals surface area contributed by atoms with Crippen molar-refractivity contribution in [2.45, 2.75) is 26.1 Å². The van der Waals surface area contributed by atoms with Crippen LogP contribution < -0.4 is 5.56 Å². The summed E-state index contributed by atoms with van der Waals surface area (Å²) in [7, 11) is 1.49. The Morgan fingerprint density at radius 3 is 2.32 bits per heavy atom. The Balaban J connectivity index is 2.43. The fourth-order valence-electron chi connectivity index (χ4n) is 2.19. The van der Waals surface area contributed by atoms with Crippen molar-refractivity contribution >= 4 is 5.91 Å². The summed E-state index contributed by atoms with van der Waals surface area (Å²) in [4.78, 5) is 25.7. The van der Waals surface area contributed by atoms with Gasteiger partial charge in [0.1, 0.15) is 5.56 Å². The number of nitrogens with zero attached hydrogens (tertiary/aromatic N) is 3. The van der Waals surface area contributed by atoms with E-state index in [4.69, 9.17) is 0 Å². The van der Waals surface area contributed by atoms with Gasteiger partial charge >= 0.3 is 0 Å². The second kappa shape index (κ2) is 4.75. The van der Waals surface area contributed by atoms with E-state index < -0.39 is 23.7 Å². The van der Waals surface area contributed by atoms with Crippen LogP contribution in [0, 0.1) is 13.8 Å². The zero-order valence-corrected chi connectivity index (χ0v) is 11.1. The molecule has 19 heavy (non-hydrogen) atoms. The standard InChI is InChI=1S/C12H17N3O4/c1-6-7(2)13-14(3)11(18)10(6)12(19)15-4-8(16)9(17)5-15/h8-9,16-17H,4-5H2,1-3H3. The lowest BCUT2D eigenvalue weighted by molar-refractivity contribution is 0.0572. The summed E-state index contributed by atoms with van der Waals surface area (Å²) in [5, 5.41) is 23.0. The number of aryl methyl sites for hydroxylation is 2. The molecule has 0 bridgehead atoms. The first-order valence-electron chi connectivity index (χ1n) is 6.02. The number of likely N-dealkylation sites (tertiary alicyclic amines) is 1. The van der Waals surface area contributed by atoms with Crippen LogP contribution in [0.4, 0.5) is 0 Å². The first-order chi connectivity index (χ1) is 8.82. The van der Waals surface area contributed by atoms with Crippen LogP contribution >= 0.6 is 0 Å². The first kappa shape index (κ1) is 13.7. The number of carbonyl (C=O) groups is 1. The number of aliphatic hydroxyl groups is 2. The molecule has 0 aromatic carbocycles. The maximum Gasteiger partial charge on any atom is 0.279 e. The van der Waals surface area contributed by atoms with E-state index in [1.165, 1.54) is 11.9 Å². The average Bonchev–Trinajstić information content (AvgIpc) is 2.67. The summed E-state index contributed by atoms with van der Waals surface area (Å²) in [6.07, 6.45) is -1.92. The van der Waals surface area contributed by atoms with Gasteiger partial charge in [-0.1, -0.05) is 0 Å². The minimum atomic E-state index is -0.962. The molecule has 0 saturated carbocycles. The third kappa shape index (κ3) is 2.26. The highest BCUT2D eigenvalue weighted by Gasteiger charge is 2.34. The smallest absolute Gasteiger partial charge is 0.279 e. The number of aromatic nitrogens is 2. The minimum Gasteiger partial charge on any atom is -0.388 e. The largest absolute Gasteiger partial charge is 0.388 e. The van der Waals surface area contributed by atoms with E-state index in [0.29, 0.717) is 11.3 Å². The lowest BCUT2D eigenvalue weighted by Crippen LogP contribution is -2.37. The van der Waals surface area contributed by atoms with Gasteiger partial charge in [0.25, 0.3) is 11.5 Å². The number of β-amino-alcohol motifs (C(OH)–C–C–N with tert-alkyl or cyclic N) is 2. The zero-order valence-electron chi connectivity index (χ0n) is 11.1. The highest BCUT2D eigenvalue weighted by Crippen LogP contribution is 2.15. The van der Waals surface area contributed by atoms with Crippen molar-refractivity contribution in [3.05, 3.63) is 27.2 Å². The minimum absolute atomic E-state index is 0.0317. The molecule has 1 fully saturated rings. The summed E-state index contributed by atoms with van der Waals surface area (Å²) in [5.41, 5.74) is 0.718. The van der Waals surface area contributed by atoms with Gasteiger partial charge in [-0.3, -0.25) is 9.59 Å². The molecule has 1 saturated heterocycles. The molecule has 1 amide bonds. The topological polar surface area (TPSA) is 95.7 Å². The van der Waals surface area contributed by atoms with Crippen LogP contribution in [0.2, 0.25) is 0 Å². The Labute approximate surface area is 110 Å². The van der Waals surface area contributed by atoms with Crippen molar-refractivity contribution < 1.29 is 15.0 Å². The van der Waals surface area contributed by atoms with Crippen molar-refractivity contribution in [2.24, 2.45) is 7.05 Å². The van der Waals surface area contributed by atoms with Crippen LogP contribution in [-0.4, -0.2) is 56.1 Å². The third-order valence-corrected chi connectivity index (χ3v) is 3.49. The summed E-state index contributed by atoms with van der Waals surface area (Å²) in [6.45, 7) is 3.45. The monoisotopic (exact) mass is 267 g/mol. The molecule has 104 valence electrons. The van der Waals surface area contributed by atoms with Gasteiger partial charge < -0.3 is 15.1 Å². The van der Waals surface area contributed by atoms with Gasteiger partial charge in [-0.05, 0) is 19.4 Å². The number of aliphatic hydroxyl groups excluding tert-OH is 2.